The highest BCUT2D eigenvalue weighted by Gasteiger charge is 2.37. The average molecular weight is 442 g/mol. The lowest BCUT2D eigenvalue weighted by atomic mass is 9.98. The van der Waals surface area contributed by atoms with Gasteiger partial charge in [-0.3, -0.25) is 9.59 Å². The van der Waals surface area contributed by atoms with Crippen LogP contribution in [0.1, 0.15) is 18.4 Å². The number of carbonyl (C=O) groups is 2. The topological polar surface area (TPSA) is 96.0 Å². The lowest BCUT2D eigenvalue weighted by Gasteiger charge is -2.33. The van der Waals surface area contributed by atoms with E-state index in [2.05, 4.69) is 5.32 Å². The number of benzene rings is 2. The fraction of sp³-hybridized carbons (Fsp3) is 0.364. The third kappa shape index (κ3) is 3.57. The summed E-state index contributed by atoms with van der Waals surface area (Å²) < 4.78 is 33.3. The number of nitrogens with one attached hydrogen (secondary N) is 1. The van der Waals surface area contributed by atoms with Gasteiger partial charge in [0.25, 0.3) is 5.91 Å². The predicted molar refractivity (Wildman–Crippen MR) is 115 cm³/mol. The van der Waals surface area contributed by atoms with Gasteiger partial charge in [-0.25, -0.2) is 8.42 Å². The van der Waals surface area contributed by atoms with Crippen LogP contribution < -0.4 is 15.0 Å². The third-order valence-corrected chi connectivity index (χ3v) is 7.97. The minimum atomic E-state index is -3.81. The summed E-state index contributed by atoms with van der Waals surface area (Å²) in [6, 6.07) is 12.3. The zero-order valence-electron chi connectivity index (χ0n) is 16.9. The van der Waals surface area contributed by atoms with Crippen LogP contribution in [-0.2, 0) is 26.0 Å². The largest absolute Gasteiger partial charge is 0.482 e. The number of amides is 2. The molecule has 1 N–H and O–H groups in total. The average Bonchev–Trinajstić information content (AvgIpc) is 3.22. The summed E-state index contributed by atoms with van der Waals surface area (Å²) in [5.74, 6) is -0.277. The van der Waals surface area contributed by atoms with Crippen molar-refractivity contribution in [1.82, 2.24) is 4.31 Å². The van der Waals surface area contributed by atoms with Crippen LogP contribution in [0.4, 0.5) is 11.4 Å². The second-order valence-electron chi connectivity index (χ2n) is 8.07. The Balaban J connectivity index is 1.36. The smallest absolute Gasteiger partial charge is 0.262 e. The molecule has 3 aliphatic rings. The standard InChI is InChI=1S/C22H23N3O5S/c26-21-14-30-20-8-7-17(12-18(20)23-21)31(28,29)24-10-3-5-16(13-24)22(27)25-11-9-15-4-1-2-6-19(15)25/h1-2,4,6-8,12,16H,3,5,9-11,13-14H2,(H,23,26)/t16-/m0/s1. The highest BCUT2D eigenvalue weighted by atomic mass is 32.2. The van der Waals surface area contributed by atoms with E-state index in [1.54, 1.807) is 11.0 Å². The summed E-state index contributed by atoms with van der Waals surface area (Å²) in [5, 5.41) is 2.64. The van der Waals surface area contributed by atoms with E-state index < -0.39 is 10.0 Å². The van der Waals surface area contributed by atoms with Gasteiger partial charge in [-0.2, -0.15) is 4.31 Å². The molecule has 1 atom stereocenters. The molecule has 1 fully saturated rings. The van der Waals surface area contributed by atoms with E-state index >= 15 is 0 Å². The van der Waals surface area contributed by atoms with Gasteiger partial charge in [-0.1, -0.05) is 18.2 Å². The Hall–Kier alpha value is -2.91. The first-order valence-electron chi connectivity index (χ1n) is 10.4. The molecule has 0 radical (unpaired) electrons. The molecular weight excluding hydrogens is 418 g/mol. The molecule has 8 nitrogen and oxygen atoms in total. The molecule has 2 amide bonds. The van der Waals surface area contributed by atoms with Crippen molar-refractivity contribution in [3.05, 3.63) is 48.0 Å². The van der Waals surface area contributed by atoms with Gasteiger partial charge in [0.05, 0.1) is 16.5 Å². The first kappa shape index (κ1) is 20.0. The van der Waals surface area contributed by atoms with Crippen molar-refractivity contribution in [1.29, 1.82) is 0 Å². The zero-order valence-corrected chi connectivity index (χ0v) is 17.7. The Morgan fingerprint density at radius 2 is 1.97 bits per heavy atom. The molecule has 3 aliphatic heterocycles. The Morgan fingerprint density at radius 3 is 2.84 bits per heavy atom. The van der Waals surface area contributed by atoms with Crippen molar-refractivity contribution in [3.8, 4) is 5.75 Å². The Kier molecular flexibility index (Phi) is 4.94. The maximum atomic E-state index is 13.3. The van der Waals surface area contributed by atoms with Crippen LogP contribution in [0.5, 0.6) is 5.75 Å². The number of fused-ring (bicyclic) bond motifs is 2. The number of rotatable bonds is 3. The first-order valence-corrected chi connectivity index (χ1v) is 11.8. The lowest BCUT2D eigenvalue weighted by molar-refractivity contribution is -0.123. The molecule has 0 unspecified atom stereocenters. The second-order valence-corrected chi connectivity index (χ2v) is 10.0. The van der Waals surface area contributed by atoms with E-state index in [9.17, 15) is 18.0 Å². The summed E-state index contributed by atoms with van der Waals surface area (Å²) >= 11 is 0. The zero-order chi connectivity index (χ0) is 21.6. The summed E-state index contributed by atoms with van der Waals surface area (Å²) in [6.07, 6.45) is 2.10. The van der Waals surface area contributed by atoms with Crippen LogP contribution >= 0.6 is 0 Å². The van der Waals surface area contributed by atoms with Crippen LogP contribution in [0.3, 0.4) is 0 Å². The van der Waals surface area contributed by atoms with Crippen LogP contribution in [0.2, 0.25) is 0 Å². The van der Waals surface area contributed by atoms with E-state index in [0.29, 0.717) is 37.4 Å². The van der Waals surface area contributed by atoms with Gasteiger partial charge in [0.2, 0.25) is 15.9 Å². The van der Waals surface area contributed by atoms with Gasteiger partial charge >= 0.3 is 0 Å². The van der Waals surface area contributed by atoms with Crippen molar-refractivity contribution in [3.63, 3.8) is 0 Å². The van der Waals surface area contributed by atoms with E-state index in [-0.39, 0.29) is 35.8 Å². The van der Waals surface area contributed by atoms with E-state index in [1.807, 2.05) is 24.3 Å². The van der Waals surface area contributed by atoms with Gasteiger partial charge in [0.1, 0.15) is 5.75 Å². The molecule has 0 saturated carbocycles. The highest BCUT2D eigenvalue weighted by Crippen LogP contribution is 2.34. The molecule has 9 heteroatoms. The third-order valence-electron chi connectivity index (χ3n) is 6.11. The monoisotopic (exact) mass is 441 g/mol. The highest BCUT2D eigenvalue weighted by molar-refractivity contribution is 7.89. The molecule has 0 bridgehead atoms. The summed E-state index contributed by atoms with van der Waals surface area (Å²) in [5.41, 5.74) is 2.42. The van der Waals surface area contributed by atoms with E-state index in [4.69, 9.17) is 4.74 Å². The number of para-hydroxylation sites is 1. The minimum Gasteiger partial charge on any atom is -0.482 e. The van der Waals surface area contributed by atoms with Gasteiger partial charge in [-0.05, 0) is 49.1 Å². The molecule has 2 aromatic carbocycles. The number of carbonyl (C=O) groups excluding carboxylic acids is 2. The molecule has 31 heavy (non-hydrogen) atoms. The molecule has 1 saturated heterocycles. The number of ether oxygens (including phenoxy) is 1. The number of hydrogen-bond acceptors (Lipinski definition) is 5. The van der Waals surface area contributed by atoms with Gasteiger partial charge in [-0.15, -0.1) is 0 Å². The molecule has 0 spiro atoms. The maximum absolute atomic E-state index is 13.3. The van der Waals surface area contributed by atoms with E-state index in [0.717, 1.165) is 17.7 Å². The summed E-state index contributed by atoms with van der Waals surface area (Å²) in [7, 11) is -3.81. The fourth-order valence-electron chi connectivity index (χ4n) is 4.52. The molecule has 2 aromatic rings. The summed E-state index contributed by atoms with van der Waals surface area (Å²) in [6.45, 7) is 1.06. The Labute approximate surface area is 180 Å². The SMILES string of the molecule is O=C1COc2ccc(S(=O)(=O)N3CCC[C@H](C(=O)N4CCc5ccccc54)C3)cc2N1. The molecule has 0 aromatic heterocycles. The lowest BCUT2D eigenvalue weighted by Crippen LogP contribution is -2.46. The van der Waals surface area contributed by atoms with Gasteiger partial charge < -0.3 is 15.0 Å². The normalized spacial score (nSPS) is 21.1. The number of hydrogen-bond donors (Lipinski definition) is 1. The maximum Gasteiger partial charge on any atom is 0.262 e. The predicted octanol–water partition coefficient (Wildman–Crippen LogP) is 2.01. The number of piperidine rings is 1. The van der Waals surface area contributed by atoms with Crippen molar-refractivity contribution < 1.29 is 22.7 Å². The van der Waals surface area contributed by atoms with Crippen LogP contribution in [0.15, 0.2) is 47.4 Å². The minimum absolute atomic E-state index is 0.0176. The molecule has 5 rings (SSSR count). The van der Waals surface area contributed by atoms with Crippen LogP contribution in [-0.4, -0.2) is 50.8 Å². The molecular formula is C22H23N3O5S. The van der Waals surface area contributed by atoms with Crippen molar-refractivity contribution in [2.45, 2.75) is 24.2 Å². The Bertz CT molecular complexity index is 1160. The number of sulfonamides is 1. The first-order chi connectivity index (χ1) is 14.9. The number of anilines is 2. The Morgan fingerprint density at radius 1 is 1.13 bits per heavy atom. The molecule has 3 heterocycles. The van der Waals surface area contributed by atoms with Crippen molar-refractivity contribution in [2.75, 3.05) is 36.5 Å². The fourth-order valence-corrected chi connectivity index (χ4v) is 6.07. The van der Waals surface area contributed by atoms with Crippen molar-refractivity contribution >= 4 is 33.2 Å². The van der Waals surface area contributed by atoms with E-state index in [1.165, 1.54) is 16.4 Å². The quantitative estimate of drug-likeness (QED) is 0.786. The van der Waals surface area contributed by atoms with Gasteiger partial charge in [0, 0.05) is 25.3 Å². The molecule has 0 aliphatic carbocycles. The molecule has 162 valence electrons. The van der Waals surface area contributed by atoms with Crippen LogP contribution in [0.25, 0.3) is 0 Å². The van der Waals surface area contributed by atoms with Crippen LogP contribution in [0, 0.1) is 5.92 Å². The second kappa shape index (κ2) is 7.65. The van der Waals surface area contributed by atoms with Crippen molar-refractivity contribution in [2.24, 2.45) is 5.92 Å². The number of nitrogens with zero attached hydrogens (tertiary/aromatic N) is 2. The summed E-state index contributed by atoms with van der Waals surface area (Å²) in [4.78, 5) is 26.7. The van der Waals surface area contributed by atoms with Gasteiger partial charge in [0.15, 0.2) is 6.61 Å².